The van der Waals surface area contributed by atoms with E-state index in [1.165, 1.54) is 11.3 Å². The van der Waals surface area contributed by atoms with Gasteiger partial charge in [-0.2, -0.15) is 0 Å². The van der Waals surface area contributed by atoms with Crippen LogP contribution in [0.4, 0.5) is 0 Å². The molecule has 2 amide bonds. The van der Waals surface area contributed by atoms with Gasteiger partial charge in [-0.25, -0.2) is 0 Å². The zero-order valence-corrected chi connectivity index (χ0v) is 18.3. The van der Waals surface area contributed by atoms with Gasteiger partial charge >= 0.3 is 0 Å². The molecule has 0 bridgehead atoms. The van der Waals surface area contributed by atoms with Gasteiger partial charge in [0.1, 0.15) is 0 Å². The summed E-state index contributed by atoms with van der Waals surface area (Å²) in [4.78, 5) is 31.1. The monoisotopic (exact) mass is 429 g/mol. The number of benzene rings is 1. The molecular weight excluding hydrogens is 406 g/mol. The SMILES string of the molecule is CN1C(=O)C2=C(NCCN(C(=O)Cc3ccccc3)C2c2ccc(Cl)s2)C1(C)C. The molecule has 2 aliphatic heterocycles. The summed E-state index contributed by atoms with van der Waals surface area (Å²) in [5.41, 5.74) is 2.05. The summed E-state index contributed by atoms with van der Waals surface area (Å²) in [7, 11) is 1.81. The molecule has 2 aromatic rings. The molecular formula is C22H24ClN3O2S. The molecule has 0 fully saturated rings. The highest BCUT2D eigenvalue weighted by Crippen LogP contribution is 2.44. The Hall–Kier alpha value is -2.31. The zero-order valence-electron chi connectivity index (χ0n) is 16.7. The maximum atomic E-state index is 13.4. The summed E-state index contributed by atoms with van der Waals surface area (Å²) >= 11 is 7.65. The van der Waals surface area contributed by atoms with E-state index in [1.807, 2.05) is 68.3 Å². The van der Waals surface area contributed by atoms with Crippen LogP contribution in [0.5, 0.6) is 0 Å². The summed E-state index contributed by atoms with van der Waals surface area (Å²) in [6.45, 7) is 5.17. The van der Waals surface area contributed by atoms with E-state index in [9.17, 15) is 9.59 Å². The smallest absolute Gasteiger partial charge is 0.254 e. The number of likely N-dealkylation sites (N-methyl/N-ethyl adjacent to an activating group) is 1. The lowest BCUT2D eigenvalue weighted by Gasteiger charge is -2.33. The van der Waals surface area contributed by atoms with Gasteiger partial charge in [-0.05, 0) is 31.5 Å². The van der Waals surface area contributed by atoms with E-state index in [1.54, 1.807) is 4.90 Å². The van der Waals surface area contributed by atoms with Crippen molar-refractivity contribution >= 4 is 34.8 Å². The van der Waals surface area contributed by atoms with Crippen molar-refractivity contribution in [2.24, 2.45) is 0 Å². The second-order valence-corrected chi connectivity index (χ2v) is 9.68. The fourth-order valence-corrected chi connectivity index (χ4v) is 5.29. The molecule has 29 heavy (non-hydrogen) atoms. The van der Waals surface area contributed by atoms with Crippen LogP contribution in [0.3, 0.4) is 0 Å². The van der Waals surface area contributed by atoms with E-state index in [0.717, 1.165) is 16.1 Å². The molecule has 2 aliphatic rings. The Morgan fingerprint density at radius 3 is 2.62 bits per heavy atom. The van der Waals surface area contributed by atoms with Crippen LogP contribution in [-0.2, 0) is 16.0 Å². The number of hydrogen-bond donors (Lipinski definition) is 1. The number of halogens is 1. The van der Waals surface area contributed by atoms with Crippen LogP contribution in [0, 0.1) is 0 Å². The Morgan fingerprint density at radius 1 is 1.24 bits per heavy atom. The van der Waals surface area contributed by atoms with Crippen molar-refractivity contribution < 1.29 is 9.59 Å². The molecule has 0 aliphatic carbocycles. The first kappa shape index (κ1) is 20.0. The molecule has 5 nitrogen and oxygen atoms in total. The molecule has 3 heterocycles. The number of carbonyl (C=O) groups excluding carboxylic acids is 2. The van der Waals surface area contributed by atoms with E-state index in [4.69, 9.17) is 11.6 Å². The van der Waals surface area contributed by atoms with Gasteiger partial charge in [0.2, 0.25) is 5.91 Å². The highest BCUT2D eigenvalue weighted by Gasteiger charge is 2.49. The van der Waals surface area contributed by atoms with Gasteiger partial charge in [0.05, 0.1) is 27.9 Å². The minimum Gasteiger partial charge on any atom is -0.384 e. The molecule has 7 heteroatoms. The molecule has 1 N–H and O–H groups in total. The summed E-state index contributed by atoms with van der Waals surface area (Å²) in [5, 5.41) is 3.44. The van der Waals surface area contributed by atoms with Crippen LogP contribution >= 0.6 is 22.9 Å². The number of thiophene rings is 1. The number of hydrogen-bond acceptors (Lipinski definition) is 4. The lowest BCUT2D eigenvalue weighted by molar-refractivity contribution is -0.133. The minimum atomic E-state index is -0.454. The van der Waals surface area contributed by atoms with Crippen LogP contribution in [0.1, 0.15) is 30.3 Å². The summed E-state index contributed by atoms with van der Waals surface area (Å²) in [6, 6.07) is 13.0. The summed E-state index contributed by atoms with van der Waals surface area (Å²) < 4.78 is 0.646. The van der Waals surface area contributed by atoms with E-state index < -0.39 is 11.6 Å². The summed E-state index contributed by atoms with van der Waals surface area (Å²) in [5.74, 6) is -0.0483. The van der Waals surface area contributed by atoms with Gasteiger partial charge in [0.15, 0.2) is 0 Å². The van der Waals surface area contributed by atoms with E-state index >= 15 is 0 Å². The van der Waals surface area contributed by atoms with Gasteiger partial charge in [0.25, 0.3) is 5.91 Å². The lowest BCUT2D eigenvalue weighted by Crippen LogP contribution is -2.46. The first-order valence-corrected chi connectivity index (χ1v) is 10.9. The Labute approximate surface area is 180 Å². The molecule has 4 rings (SSSR count). The molecule has 0 radical (unpaired) electrons. The highest BCUT2D eigenvalue weighted by molar-refractivity contribution is 7.16. The molecule has 152 valence electrons. The topological polar surface area (TPSA) is 52.7 Å². The first-order chi connectivity index (χ1) is 13.8. The number of carbonyl (C=O) groups is 2. The van der Waals surface area contributed by atoms with Gasteiger partial charge < -0.3 is 15.1 Å². The molecule has 1 aromatic carbocycles. The van der Waals surface area contributed by atoms with Gasteiger partial charge in [-0.1, -0.05) is 41.9 Å². The Balaban J connectivity index is 1.79. The average Bonchev–Trinajstić information content (AvgIpc) is 3.09. The largest absolute Gasteiger partial charge is 0.384 e. The molecule has 1 aromatic heterocycles. The van der Waals surface area contributed by atoms with Crippen LogP contribution in [0.2, 0.25) is 4.34 Å². The fourth-order valence-electron chi connectivity index (χ4n) is 4.10. The maximum Gasteiger partial charge on any atom is 0.254 e. The molecule has 0 saturated carbocycles. The van der Waals surface area contributed by atoms with Crippen LogP contribution in [-0.4, -0.2) is 47.3 Å². The third-order valence-corrected chi connectivity index (χ3v) is 7.16. The van der Waals surface area contributed by atoms with Crippen molar-refractivity contribution in [1.29, 1.82) is 0 Å². The van der Waals surface area contributed by atoms with E-state index in [2.05, 4.69) is 5.32 Å². The quantitative estimate of drug-likeness (QED) is 0.810. The van der Waals surface area contributed by atoms with Gasteiger partial charge in [-0.3, -0.25) is 9.59 Å². The van der Waals surface area contributed by atoms with Crippen molar-refractivity contribution in [3.05, 3.63) is 68.5 Å². The molecule has 0 saturated heterocycles. The predicted octanol–water partition coefficient (Wildman–Crippen LogP) is 3.62. The Morgan fingerprint density at radius 2 is 1.97 bits per heavy atom. The van der Waals surface area contributed by atoms with E-state index in [0.29, 0.717) is 29.4 Å². The van der Waals surface area contributed by atoms with Crippen molar-refractivity contribution in [3.63, 3.8) is 0 Å². The zero-order chi connectivity index (χ0) is 20.8. The maximum absolute atomic E-state index is 13.4. The lowest BCUT2D eigenvalue weighted by atomic mass is 9.96. The van der Waals surface area contributed by atoms with Gasteiger partial charge in [-0.15, -0.1) is 11.3 Å². The Kier molecular flexibility index (Phi) is 5.17. The van der Waals surface area contributed by atoms with Crippen LogP contribution in [0.25, 0.3) is 0 Å². The number of rotatable bonds is 3. The van der Waals surface area contributed by atoms with Crippen molar-refractivity contribution in [2.75, 3.05) is 20.1 Å². The molecule has 1 unspecified atom stereocenters. The minimum absolute atomic E-state index is 0.00133. The normalized spacial score (nSPS) is 21.1. The average molecular weight is 430 g/mol. The summed E-state index contributed by atoms with van der Waals surface area (Å²) in [6.07, 6.45) is 0.298. The third kappa shape index (κ3) is 3.45. The third-order valence-electron chi connectivity index (χ3n) is 5.88. The van der Waals surface area contributed by atoms with Crippen LogP contribution < -0.4 is 5.32 Å². The number of nitrogens with one attached hydrogen (secondary N) is 1. The molecule has 1 atom stereocenters. The first-order valence-electron chi connectivity index (χ1n) is 9.66. The Bertz CT molecular complexity index is 983. The number of amides is 2. The van der Waals surface area contributed by atoms with Crippen molar-refractivity contribution in [3.8, 4) is 0 Å². The standard InChI is InChI=1S/C22H24ClN3O2S/c1-22(2)20-18(21(28)25(22)3)19(15-9-10-16(23)29-15)26(12-11-24-20)17(27)13-14-7-5-4-6-8-14/h4-10,19,24H,11-13H2,1-3H3. The predicted molar refractivity (Wildman–Crippen MR) is 116 cm³/mol. The second kappa shape index (κ2) is 7.50. The van der Waals surface area contributed by atoms with E-state index in [-0.39, 0.29) is 11.8 Å². The van der Waals surface area contributed by atoms with Gasteiger partial charge in [0, 0.05) is 30.7 Å². The second-order valence-electron chi connectivity index (χ2n) is 7.93. The molecule has 0 spiro atoms. The fraction of sp³-hybridized carbons (Fsp3) is 0.364. The number of nitrogens with zero attached hydrogens (tertiary/aromatic N) is 2. The van der Waals surface area contributed by atoms with Crippen LogP contribution in [0.15, 0.2) is 53.7 Å². The van der Waals surface area contributed by atoms with Crippen molar-refractivity contribution in [2.45, 2.75) is 31.8 Å². The highest BCUT2D eigenvalue weighted by atomic mass is 35.5. The van der Waals surface area contributed by atoms with Crippen molar-refractivity contribution in [1.82, 2.24) is 15.1 Å².